The first kappa shape index (κ1) is 18.9. The van der Waals surface area contributed by atoms with E-state index in [1.165, 1.54) is 29.7 Å². The highest BCUT2D eigenvalue weighted by Gasteiger charge is 2.31. The summed E-state index contributed by atoms with van der Waals surface area (Å²) < 4.78 is 1.99. The first-order valence-electron chi connectivity index (χ1n) is 8.67. The van der Waals surface area contributed by atoms with Gasteiger partial charge in [0, 0.05) is 18.0 Å². The number of benzene rings is 1. The van der Waals surface area contributed by atoms with Gasteiger partial charge in [0.05, 0.1) is 17.1 Å². The molecule has 1 aliphatic carbocycles. The van der Waals surface area contributed by atoms with Crippen molar-refractivity contribution in [3.63, 3.8) is 0 Å². The molecule has 0 spiro atoms. The molecule has 1 aromatic carbocycles. The molecule has 1 unspecified atom stereocenters. The molecular weight excluding hydrogens is 368 g/mol. The van der Waals surface area contributed by atoms with Gasteiger partial charge in [0.15, 0.2) is 0 Å². The van der Waals surface area contributed by atoms with E-state index in [2.05, 4.69) is 22.5 Å². The summed E-state index contributed by atoms with van der Waals surface area (Å²) in [5, 5.41) is 8.79. The predicted octanol–water partition coefficient (Wildman–Crippen LogP) is 3.34. The van der Waals surface area contributed by atoms with Crippen LogP contribution in [0.15, 0.2) is 36.4 Å². The number of rotatable bonds is 6. The Hall–Kier alpha value is -1.89. The van der Waals surface area contributed by atoms with Gasteiger partial charge in [-0.25, -0.2) is 0 Å². The molecule has 3 N–H and O–H groups in total. The Morgan fingerprint density at radius 1 is 1.38 bits per heavy atom. The number of hydrogen-bond donors (Lipinski definition) is 2. The van der Waals surface area contributed by atoms with Crippen molar-refractivity contribution in [1.82, 2.24) is 15.1 Å². The number of halogens is 1. The lowest BCUT2D eigenvalue weighted by atomic mass is 10.2. The van der Waals surface area contributed by atoms with E-state index >= 15 is 0 Å². The van der Waals surface area contributed by atoms with E-state index in [4.69, 9.17) is 5.73 Å². The van der Waals surface area contributed by atoms with Crippen LogP contribution in [0.1, 0.15) is 33.8 Å². The summed E-state index contributed by atoms with van der Waals surface area (Å²) in [4.78, 5) is 14.4. The zero-order chi connectivity index (χ0) is 17.4. The molecular formula is C19H23ClN4OS. The van der Waals surface area contributed by atoms with Gasteiger partial charge in [-0.05, 0) is 37.3 Å². The summed E-state index contributed by atoms with van der Waals surface area (Å²) >= 11 is 1.50. The van der Waals surface area contributed by atoms with E-state index < -0.39 is 0 Å². The second kappa shape index (κ2) is 7.78. The summed E-state index contributed by atoms with van der Waals surface area (Å²) in [6, 6.07) is 12.3. The third kappa shape index (κ3) is 3.77. The highest BCUT2D eigenvalue weighted by Crippen LogP contribution is 2.33. The van der Waals surface area contributed by atoms with E-state index in [0.717, 1.165) is 20.8 Å². The fraction of sp³-hybridized carbons (Fsp3) is 0.368. The standard InChI is InChI=1S/C19H22N4OS.ClH/c1-12-15-9-17(18(24)21-16(10-20)14-7-8-14)25-19(15)23(22-12)11-13-5-3-2-4-6-13;/h2-6,9,14,16H,7-8,10-11,20H2,1H3,(H,21,24);1H. The Kier molecular flexibility index (Phi) is 5.65. The van der Waals surface area contributed by atoms with Crippen molar-refractivity contribution in [2.75, 3.05) is 6.54 Å². The number of fused-ring (bicyclic) bond motifs is 1. The maximum absolute atomic E-state index is 12.6. The number of thiophene rings is 1. The second-order valence-electron chi connectivity index (χ2n) is 6.71. The molecule has 1 aliphatic rings. The summed E-state index contributed by atoms with van der Waals surface area (Å²) in [6.45, 7) is 3.20. The zero-order valence-electron chi connectivity index (χ0n) is 14.6. The monoisotopic (exact) mass is 390 g/mol. The third-order valence-electron chi connectivity index (χ3n) is 4.77. The minimum atomic E-state index is -0.0192. The predicted molar refractivity (Wildman–Crippen MR) is 108 cm³/mol. The third-order valence-corrected chi connectivity index (χ3v) is 5.91. The van der Waals surface area contributed by atoms with Crippen LogP contribution in [0, 0.1) is 12.8 Å². The summed E-state index contributed by atoms with van der Waals surface area (Å²) in [5.41, 5.74) is 7.96. The molecule has 0 aliphatic heterocycles. The van der Waals surface area contributed by atoms with Crippen LogP contribution in [0.2, 0.25) is 0 Å². The van der Waals surface area contributed by atoms with Gasteiger partial charge in [-0.2, -0.15) is 5.10 Å². The summed E-state index contributed by atoms with van der Waals surface area (Å²) in [5.74, 6) is 0.535. The molecule has 0 bridgehead atoms. The quantitative estimate of drug-likeness (QED) is 0.677. The molecule has 5 nitrogen and oxygen atoms in total. The van der Waals surface area contributed by atoms with E-state index in [0.29, 0.717) is 19.0 Å². The van der Waals surface area contributed by atoms with Crippen LogP contribution in [-0.4, -0.2) is 28.3 Å². The van der Waals surface area contributed by atoms with Crippen LogP contribution < -0.4 is 11.1 Å². The Balaban J connectivity index is 0.00000196. The molecule has 0 saturated heterocycles. The Morgan fingerprint density at radius 3 is 2.77 bits per heavy atom. The van der Waals surface area contributed by atoms with E-state index in [-0.39, 0.29) is 24.4 Å². The molecule has 1 atom stereocenters. The molecule has 2 heterocycles. The van der Waals surface area contributed by atoms with Crippen molar-refractivity contribution >= 4 is 39.9 Å². The summed E-state index contributed by atoms with van der Waals surface area (Å²) in [6.07, 6.45) is 2.33. The van der Waals surface area contributed by atoms with Crippen LogP contribution in [0.5, 0.6) is 0 Å². The number of nitrogens with one attached hydrogen (secondary N) is 1. The number of carbonyl (C=O) groups is 1. The van der Waals surface area contributed by atoms with Crippen molar-refractivity contribution in [3.05, 3.63) is 52.5 Å². The average Bonchev–Trinajstić information content (AvgIpc) is 3.29. The largest absolute Gasteiger partial charge is 0.347 e. The summed E-state index contributed by atoms with van der Waals surface area (Å²) in [7, 11) is 0. The van der Waals surface area contributed by atoms with Crippen molar-refractivity contribution in [3.8, 4) is 0 Å². The molecule has 138 valence electrons. The minimum Gasteiger partial charge on any atom is -0.347 e. The van der Waals surface area contributed by atoms with Gasteiger partial charge < -0.3 is 11.1 Å². The molecule has 1 saturated carbocycles. The molecule has 26 heavy (non-hydrogen) atoms. The van der Waals surface area contributed by atoms with Crippen molar-refractivity contribution < 1.29 is 4.79 Å². The van der Waals surface area contributed by atoms with E-state index in [1.807, 2.05) is 35.9 Å². The number of aromatic nitrogens is 2. The minimum absolute atomic E-state index is 0. The lowest BCUT2D eigenvalue weighted by molar-refractivity contribution is 0.0937. The Labute approximate surface area is 163 Å². The smallest absolute Gasteiger partial charge is 0.261 e. The molecule has 7 heteroatoms. The fourth-order valence-corrected chi connectivity index (χ4v) is 4.26. The highest BCUT2D eigenvalue weighted by molar-refractivity contribution is 7.20. The molecule has 0 radical (unpaired) electrons. The Bertz CT molecular complexity index is 901. The van der Waals surface area contributed by atoms with Crippen molar-refractivity contribution in [1.29, 1.82) is 0 Å². The van der Waals surface area contributed by atoms with Gasteiger partial charge in [0.1, 0.15) is 4.83 Å². The number of nitrogens with two attached hydrogens (primary N) is 1. The Morgan fingerprint density at radius 2 is 2.12 bits per heavy atom. The van der Waals surface area contributed by atoms with Crippen molar-refractivity contribution in [2.45, 2.75) is 32.4 Å². The van der Waals surface area contributed by atoms with E-state index in [1.54, 1.807) is 0 Å². The first-order valence-corrected chi connectivity index (χ1v) is 9.49. The second-order valence-corrected chi connectivity index (χ2v) is 7.74. The molecule has 1 amide bonds. The normalized spacial score (nSPS) is 14.8. The maximum atomic E-state index is 12.6. The fourth-order valence-electron chi connectivity index (χ4n) is 3.20. The van der Waals surface area contributed by atoms with Gasteiger partial charge in [-0.3, -0.25) is 9.48 Å². The van der Waals surface area contributed by atoms with Gasteiger partial charge in [-0.1, -0.05) is 30.3 Å². The number of aryl methyl sites for hydroxylation is 1. The van der Waals surface area contributed by atoms with Crippen molar-refractivity contribution in [2.24, 2.45) is 11.7 Å². The van der Waals surface area contributed by atoms with Gasteiger partial charge in [-0.15, -0.1) is 23.7 Å². The lowest BCUT2D eigenvalue weighted by Gasteiger charge is -2.15. The van der Waals surface area contributed by atoms with Crippen LogP contribution in [0.25, 0.3) is 10.2 Å². The molecule has 1 fully saturated rings. The van der Waals surface area contributed by atoms with Gasteiger partial charge in [0.25, 0.3) is 5.91 Å². The topological polar surface area (TPSA) is 72.9 Å². The SMILES string of the molecule is Cc1nn(Cc2ccccc2)c2sc(C(=O)NC(CN)C3CC3)cc12.Cl. The number of carbonyl (C=O) groups excluding carboxylic acids is 1. The number of amides is 1. The molecule has 3 aromatic rings. The molecule has 2 aromatic heterocycles. The number of hydrogen-bond acceptors (Lipinski definition) is 4. The van der Waals surface area contributed by atoms with E-state index in [9.17, 15) is 4.79 Å². The number of nitrogens with zero attached hydrogens (tertiary/aromatic N) is 2. The first-order chi connectivity index (χ1) is 12.2. The van der Waals surface area contributed by atoms with Crippen LogP contribution >= 0.6 is 23.7 Å². The van der Waals surface area contributed by atoms with Crippen LogP contribution in [0.3, 0.4) is 0 Å². The van der Waals surface area contributed by atoms with Crippen LogP contribution in [-0.2, 0) is 6.54 Å². The zero-order valence-corrected chi connectivity index (χ0v) is 16.3. The molecule has 4 rings (SSSR count). The maximum Gasteiger partial charge on any atom is 0.261 e. The highest BCUT2D eigenvalue weighted by atomic mass is 35.5. The van der Waals surface area contributed by atoms with Gasteiger partial charge >= 0.3 is 0 Å². The van der Waals surface area contributed by atoms with Gasteiger partial charge in [0.2, 0.25) is 0 Å². The van der Waals surface area contributed by atoms with Crippen LogP contribution in [0.4, 0.5) is 0 Å². The lowest BCUT2D eigenvalue weighted by Crippen LogP contribution is -2.41. The average molecular weight is 391 g/mol.